The fourth-order valence-electron chi connectivity index (χ4n) is 3.23. The van der Waals surface area contributed by atoms with Crippen LogP contribution in [0.2, 0.25) is 0 Å². The van der Waals surface area contributed by atoms with Gasteiger partial charge in [0.05, 0.1) is 25.2 Å². The van der Waals surface area contributed by atoms with Crippen molar-refractivity contribution in [3.63, 3.8) is 0 Å². The summed E-state index contributed by atoms with van der Waals surface area (Å²) in [5, 5.41) is 27.6. The molecule has 0 aliphatic carbocycles. The first-order chi connectivity index (χ1) is 13.6. The van der Waals surface area contributed by atoms with Crippen LogP contribution in [0.3, 0.4) is 0 Å². The number of ether oxygens (including phenoxy) is 1. The van der Waals surface area contributed by atoms with E-state index in [1.807, 2.05) is 0 Å². The zero-order valence-corrected chi connectivity index (χ0v) is 21.2. The minimum atomic E-state index is -1.13. The molecule has 0 amide bonds. The second kappa shape index (κ2) is 23.3. The summed E-state index contributed by atoms with van der Waals surface area (Å²) in [6.07, 6.45) is 19.6. The van der Waals surface area contributed by atoms with Crippen molar-refractivity contribution in [2.45, 2.75) is 110 Å². The van der Waals surface area contributed by atoms with E-state index in [9.17, 15) is 20.1 Å². The first-order valence-electron chi connectivity index (χ1n) is 11.6. The molecule has 0 aliphatic rings. The van der Waals surface area contributed by atoms with Crippen LogP contribution in [-0.2, 0) is 9.53 Å². The second-order valence-electron chi connectivity index (χ2n) is 8.33. The van der Waals surface area contributed by atoms with Crippen molar-refractivity contribution < 1.29 is 24.9 Å². The van der Waals surface area contributed by atoms with E-state index in [4.69, 9.17) is 4.74 Å². The first-order valence-corrected chi connectivity index (χ1v) is 11.6. The van der Waals surface area contributed by atoms with Crippen molar-refractivity contribution in [3.8, 4) is 0 Å². The molecule has 2 radical (unpaired) electrons. The maximum absolute atomic E-state index is 11.7. The molecule has 5 nitrogen and oxygen atoms in total. The van der Waals surface area contributed by atoms with Crippen molar-refractivity contribution in [2.24, 2.45) is 5.41 Å². The maximum atomic E-state index is 11.7. The topological polar surface area (TPSA) is 87.0 Å². The van der Waals surface area contributed by atoms with Crippen LogP contribution in [-0.4, -0.2) is 85.5 Å². The van der Waals surface area contributed by atoms with Crippen LogP contribution in [0.5, 0.6) is 0 Å². The van der Waals surface area contributed by atoms with E-state index in [2.05, 4.69) is 6.92 Å². The standard InChI is InChI=1S/C23H46O5.Ca/c1-2-3-4-5-6-7-8-9-10-11-12-13-14-15-16-17-22(27)28-21-23(18-24,19-25)20-26;/h24-26H,2-21H2,1H3;. The third-order valence-electron chi connectivity index (χ3n) is 5.53. The van der Waals surface area contributed by atoms with Crippen LogP contribution in [0.15, 0.2) is 0 Å². The fourth-order valence-corrected chi connectivity index (χ4v) is 3.23. The number of carbonyl (C=O) groups excluding carboxylic acids is 1. The zero-order valence-electron chi connectivity index (χ0n) is 19.0. The van der Waals surface area contributed by atoms with Crippen LogP contribution in [0, 0.1) is 5.41 Å². The van der Waals surface area contributed by atoms with Gasteiger partial charge in [0.1, 0.15) is 6.61 Å². The predicted molar refractivity (Wildman–Crippen MR) is 120 cm³/mol. The summed E-state index contributed by atoms with van der Waals surface area (Å²) in [5.41, 5.74) is -1.13. The second-order valence-corrected chi connectivity index (χ2v) is 8.33. The molecule has 0 atom stereocenters. The van der Waals surface area contributed by atoms with Crippen LogP contribution in [0.1, 0.15) is 110 Å². The monoisotopic (exact) mass is 442 g/mol. The summed E-state index contributed by atoms with van der Waals surface area (Å²) < 4.78 is 5.08. The number of unbranched alkanes of at least 4 members (excludes halogenated alkanes) is 14. The van der Waals surface area contributed by atoms with E-state index < -0.39 is 25.2 Å². The third kappa shape index (κ3) is 19.1. The largest absolute Gasteiger partial charge is 0.465 e. The molecule has 6 heteroatoms. The van der Waals surface area contributed by atoms with E-state index in [0.29, 0.717) is 6.42 Å². The minimum Gasteiger partial charge on any atom is -0.465 e. The summed E-state index contributed by atoms with van der Waals surface area (Å²) in [5.74, 6) is -0.325. The van der Waals surface area contributed by atoms with Gasteiger partial charge in [-0.15, -0.1) is 0 Å². The van der Waals surface area contributed by atoms with Crippen molar-refractivity contribution in [1.82, 2.24) is 0 Å². The number of rotatable bonds is 21. The van der Waals surface area contributed by atoms with E-state index in [-0.39, 0.29) is 50.3 Å². The fraction of sp³-hybridized carbons (Fsp3) is 0.957. The maximum Gasteiger partial charge on any atom is 0.305 e. The Morgan fingerprint density at radius 1 is 0.655 bits per heavy atom. The molecule has 0 aliphatic heterocycles. The Morgan fingerprint density at radius 3 is 1.34 bits per heavy atom. The molecule has 0 saturated carbocycles. The normalized spacial score (nSPS) is 11.3. The van der Waals surface area contributed by atoms with Gasteiger partial charge in [-0.05, 0) is 6.42 Å². The van der Waals surface area contributed by atoms with Gasteiger partial charge in [0.25, 0.3) is 0 Å². The first kappa shape index (κ1) is 31.8. The molecule has 0 bridgehead atoms. The van der Waals surface area contributed by atoms with Gasteiger partial charge in [-0.2, -0.15) is 0 Å². The van der Waals surface area contributed by atoms with Crippen LogP contribution in [0.4, 0.5) is 0 Å². The zero-order chi connectivity index (χ0) is 20.9. The van der Waals surface area contributed by atoms with Gasteiger partial charge < -0.3 is 20.1 Å². The average Bonchev–Trinajstić information content (AvgIpc) is 2.72. The van der Waals surface area contributed by atoms with Crippen LogP contribution < -0.4 is 0 Å². The number of hydrogen-bond donors (Lipinski definition) is 3. The van der Waals surface area contributed by atoms with Gasteiger partial charge in [-0.3, -0.25) is 4.79 Å². The molecule has 0 saturated heterocycles. The SMILES string of the molecule is CCCCCCCCCCCCCCCCCC(=O)OCC(CO)(CO)CO.[Ca]. The summed E-state index contributed by atoms with van der Waals surface area (Å²) in [6, 6.07) is 0. The van der Waals surface area contributed by atoms with Crippen LogP contribution >= 0.6 is 0 Å². The van der Waals surface area contributed by atoms with Gasteiger partial charge in [-0.25, -0.2) is 0 Å². The Balaban J connectivity index is 0. The number of carbonyl (C=O) groups is 1. The molecule has 0 heterocycles. The molecule has 0 unspecified atom stereocenters. The molecule has 0 aromatic carbocycles. The van der Waals surface area contributed by atoms with Gasteiger partial charge in [0.2, 0.25) is 0 Å². The van der Waals surface area contributed by atoms with E-state index >= 15 is 0 Å². The molecule has 0 rings (SSSR count). The van der Waals surface area contributed by atoms with E-state index in [1.165, 1.54) is 77.0 Å². The Morgan fingerprint density at radius 2 is 1.00 bits per heavy atom. The predicted octanol–water partition coefficient (Wildman–Crippen LogP) is 4.37. The molecular formula is C23H46CaO5. The van der Waals surface area contributed by atoms with E-state index in [0.717, 1.165) is 19.3 Å². The number of aliphatic hydroxyl groups is 3. The van der Waals surface area contributed by atoms with Gasteiger partial charge >= 0.3 is 5.97 Å². The molecule has 3 N–H and O–H groups in total. The third-order valence-corrected chi connectivity index (χ3v) is 5.53. The van der Waals surface area contributed by atoms with Gasteiger partial charge in [-0.1, -0.05) is 96.8 Å². The molecule has 170 valence electrons. The molecule has 0 aromatic rings. The van der Waals surface area contributed by atoms with Crippen molar-refractivity contribution in [1.29, 1.82) is 0 Å². The van der Waals surface area contributed by atoms with Gasteiger partial charge in [0.15, 0.2) is 0 Å². The van der Waals surface area contributed by atoms with E-state index in [1.54, 1.807) is 0 Å². The molecule has 0 spiro atoms. The van der Waals surface area contributed by atoms with Crippen molar-refractivity contribution >= 4 is 43.7 Å². The smallest absolute Gasteiger partial charge is 0.305 e. The van der Waals surface area contributed by atoms with Crippen molar-refractivity contribution in [2.75, 3.05) is 26.4 Å². The van der Waals surface area contributed by atoms with Crippen LogP contribution in [0.25, 0.3) is 0 Å². The Hall–Kier alpha value is 0.610. The number of aliphatic hydroxyl groups excluding tert-OH is 3. The Labute approximate surface area is 209 Å². The molecule has 0 aromatic heterocycles. The quantitative estimate of drug-likeness (QED) is 0.140. The minimum absolute atomic E-state index is 0. The number of hydrogen-bond acceptors (Lipinski definition) is 5. The summed E-state index contributed by atoms with van der Waals surface area (Å²) >= 11 is 0. The Kier molecular flexibility index (Phi) is 25.5. The van der Waals surface area contributed by atoms with Gasteiger partial charge in [0, 0.05) is 44.2 Å². The summed E-state index contributed by atoms with van der Waals surface area (Å²) in [7, 11) is 0. The van der Waals surface area contributed by atoms with Crippen molar-refractivity contribution in [3.05, 3.63) is 0 Å². The summed E-state index contributed by atoms with van der Waals surface area (Å²) in [6.45, 7) is 0.884. The summed E-state index contributed by atoms with van der Waals surface area (Å²) in [4.78, 5) is 11.7. The molecule has 0 fully saturated rings. The molecule has 29 heavy (non-hydrogen) atoms. The number of esters is 1. The Bertz CT molecular complexity index is 340. The average molecular weight is 443 g/mol. The molecular weight excluding hydrogens is 396 g/mol.